The zero-order valence-corrected chi connectivity index (χ0v) is 13.7. The zero-order valence-electron chi connectivity index (χ0n) is 12.1. The first-order valence-electron chi connectivity index (χ1n) is 6.90. The Balaban J connectivity index is 1.65. The van der Waals surface area contributed by atoms with E-state index in [4.69, 9.17) is 11.6 Å². The van der Waals surface area contributed by atoms with Crippen LogP contribution in [-0.4, -0.2) is 29.4 Å². The average Bonchev–Trinajstić information content (AvgIpc) is 3.18. The van der Waals surface area contributed by atoms with E-state index < -0.39 is 0 Å². The number of thiophene rings is 1. The van der Waals surface area contributed by atoms with Crippen LogP contribution in [0.25, 0.3) is 15.9 Å². The van der Waals surface area contributed by atoms with E-state index in [1.165, 1.54) is 0 Å². The molecule has 8 heteroatoms. The first-order valence-corrected chi connectivity index (χ1v) is 8.16. The van der Waals surface area contributed by atoms with Gasteiger partial charge in [0.15, 0.2) is 11.5 Å². The van der Waals surface area contributed by atoms with Gasteiger partial charge in [-0.05, 0) is 25.3 Å². The number of hydrogen-bond acceptors (Lipinski definition) is 5. The smallest absolute Gasteiger partial charge is 0.167 e. The molecule has 0 unspecified atom stereocenters. The van der Waals surface area contributed by atoms with Crippen molar-refractivity contribution in [3.05, 3.63) is 40.0 Å². The maximum absolute atomic E-state index is 6.17. The highest BCUT2D eigenvalue weighted by molar-refractivity contribution is 7.16. The third kappa shape index (κ3) is 2.08. The molecule has 0 atom stereocenters. The van der Waals surface area contributed by atoms with E-state index >= 15 is 0 Å². The molecule has 0 amide bonds. The van der Waals surface area contributed by atoms with Crippen molar-refractivity contribution in [2.75, 3.05) is 0 Å². The largest absolute Gasteiger partial charge is 0.268 e. The first kappa shape index (κ1) is 13.7. The van der Waals surface area contributed by atoms with Crippen molar-refractivity contribution in [1.29, 1.82) is 0 Å². The molecule has 4 aromatic rings. The highest BCUT2D eigenvalue weighted by Crippen LogP contribution is 2.22. The Bertz CT molecular complexity index is 982. The molecule has 0 fully saturated rings. The quantitative estimate of drug-likeness (QED) is 0.578. The minimum Gasteiger partial charge on any atom is -0.268 e. The second-order valence-electron chi connectivity index (χ2n) is 5.14. The Morgan fingerprint density at radius 2 is 2.14 bits per heavy atom. The first-order chi connectivity index (χ1) is 10.6. The molecular weight excluding hydrogens is 320 g/mol. The van der Waals surface area contributed by atoms with Crippen molar-refractivity contribution in [1.82, 2.24) is 29.4 Å². The molecule has 22 heavy (non-hydrogen) atoms. The van der Waals surface area contributed by atoms with Crippen molar-refractivity contribution >= 4 is 38.8 Å². The fourth-order valence-electron chi connectivity index (χ4n) is 2.51. The third-order valence-corrected chi connectivity index (χ3v) is 5.05. The summed E-state index contributed by atoms with van der Waals surface area (Å²) >= 11 is 7.78. The number of hydrogen-bond donors (Lipinski definition) is 0. The van der Waals surface area contributed by atoms with Gasteiger partial charge in [0.2, 0.25) is 0 Å². The maximum atomic E-state index is 6.17. The van der Waals surface area contributed by atoms with Crippen molar-refractivity contribution in [2.45, 2.75) is 26.8 Å². The van der Waals surface area contributed by atoms with Gasteiger partial charge in [-0.15, -0.1) is 16.4 Å². The second-order valence-corrected chi connectivity index (χ2v) is 6.41. The SMILES string of the molecule is Cc1nn(CCc2nc3c4ccsc4ncn3n2)c(C)c1Cl. The topological polar surface area (TPSA) is 60.9 Å². The van der Waals surface area contributed by atoms with Gasteiger partial charge < -0.3 is 0 Å². The molecule has 4 aromatic heterocycles. The van der Waals surface area contributed by atoms with Crippen molar-refractivity contribution in [3.63, 3.8) is 0 Å². The molecule has 0 N–H and O–H groups in total. The van der Waals surface area contributed by atoms with Crippen molar-refractivity contribution < 1.29 is 0 Å². The molecule has 4 rings (SSSR count). The summed E-state index contributed by atoms with van der Waals surface area (Å²) in [6, 6.07) is 2.03. The summed E-state index contributed by atoms with van der Waals surface area (Å²) in [4.78, 5) is 9.99. The van der Waals surface area contributed by atoms with Gasteiger partial charge in [0.1, 0.15) is 11.2 Å². The van der Waals surface area contributed by atoms with Crippen LogP contribution >= 0.6 is 22.9 Å². The van der Waals surface area contributed by atoms with Gasteiger partial charge >= 0.3 is 0 Å². The van der Waals surface area contributed by atoms with E-state index in [2.05, 4.69) is 20.2 Å². The van der Waals surface area contributed by atoms with E-state index in [1.54, 1.807) is 22.2 Å². The number of aromatic nitrogens is 6. The molecule has 0 aliphatic heterocycles. The molecule has 0 aliphatic carbocycles. The fraction of sp³-hybridized carbons (Fsp3) is 0.286. The summed E-state index contributed by atoms with van der Waals surface area (Å²) in [6.07, 6.45) is 2.41. The van der Waals surface area contributed by atoms with E-state index in [0.717, 1.165) is 38.1 Å². The fourth-order valence-corrected chi connectivity index (χ4v) is 3.38. The van der Waals surface area contributed by atoms with Gasteiger partial charge in [0.25, 0.3) is 0 Å². The van der Waals surface area contributed by atoms with Gasteiger partial charge in [-0.1, -0.05) is 11.6 Å². The minimum atomic E-state index is 0.700. The van der Waals surface area contributed by atoms with Gasteiger partial charge in [0, 0.05) is 13.0 Å². The average molecular weight is 333 g/mol. The van der Waals surface area contributed by atoms with E-state index in [9.17, 15) is 0 Å². The van der Waals surface area contributed by atoms with E-state index in [0.29, 0.717) is 13.0 Å². The van der Waals surface area contributed by atoms with Crippen LogP contribution in [0, 0.1) is 13.8 Å². The summed E-state index contributed by atoms with van der Waals surface area (Å²) in [5.41, 5.74) is 2.68. The van der Waals surface area contributed by atoms with E-state index in [-0.39, 0.29) is 0 Å². The molecule has 112 valence electrons. The van der Waals surface area contributed by atoms with Gasteiger partial charge in [-0.3, -0.25) is 4.68 Å². The Labute approximate surface area is 135 Å². The highest BCUT2D eigenvalue weighted by Gasteiger charge is 2.12. The molecule has 0 radical (unpaired) electrons. The molecule has 0 saturated carbocycles. The molecule has 4 heterocycles. The predicted molar refractivity (Wildman–Crippen MR) is 86.6 cm³/mol. The van der Waals surface area contributed by atoms with Crippen LogP contribution in [0.2, 0.25) is 5.02 Å². The van der Waals surface area contributed by atoms with Crippen LogP contribution in [0.3, 0.4) is 0 Å². The van der Waals surface area contributed by atoms with Crippen LogP contribution in [0.5, 0.6) is 0 Å². The van der Waals surface area contributed by atoms with Crippen molar-refractivity contribution in [3.8, 4) is 0 Å². The lowest BCUT2D eigenvalue weighted by molar-refractivity contribution is 0.581. The van der Waals surface area contributed by atoms with Crippen molar-refractivity contribution in [2.24, 2.45) is 0 Å². The van der Waals surface area contributed by atoms with Crippen LogP contribution in [0.4, 0.5) is 0 Å². The highest BCUT2D eigenvalue weighted by atomic mass is 35.5. The number of fused-ring (bicyclic) bond motifs is 3. The Hall–Kier alpha value is -1.99. The summed E-state index contributed by atoms with van der Waals surface area (Å²) in [5.74, 6) is 0.782. The molecule has 0 saturated heterocycles. The lowest BCUT2D eigenvalue weighted by atomic mass is 10.3. The summed E-state index contributed by atoms with van der Waals surface area (Å²) in [6.45, 7) is 4.59. The lowest BCUT2D eigenvalue weighted by Gasteiger charge is -2.01. The molecule has 0 bridgehead atoms. The lowest BCUT2D eigenvalue weighted by Crippen LogP contribution is -2.06. The Morgan fingerprint density at radius 1 is 1.27 bits per heavy atom. The number of halogens is 1. The van der Waals surface area contributed by atoms with Crippen LogP contribution in [0.15, 0.2) is 17.8 Å². The number of rotatable bonds is 3. The molecule has 6 nitrogen and oxygen atoms in total. The van der Waals surface area contributed by atoms with Crippen LogP contribution in [0.1, 0.15) is 17.2 Å². The molecule has 0 aliphatic rings. The summed E-state index contributed by atoms with van der Waals surface area (Å²) < 4.78 is 3.64. The molecule has 0 aromatic carbocycles. The van der Waals surface area contributed by atoms with Gasteiger partial charge in [-0.25, -0.2) is 14.5 Å². The Morgan fingerprint density at radius 3 is 2.91 bits per heavy atom. The minimum absolute atomic E-state index is 0.700. The maximum Gasteiger partial charge on any atom is 0.167 e. The van der Waals surface area contributed by atoms with Crippen LogP contribution in [-0.2, 0) is 13.0 Å². The zero-order chi connectivity index (χ0) is 15.3. The van der Waals surface area contributed by atoms with Gasteiger partial charge in [0.05, 0.1) is 21.8 Å². The monoisotopic (exact) mass is 332 g/mol. The number of aryl methyl sites for hydroxylation is 3. The molecule has 0 spiro atoms. The van der Waals surface area contributed by atoms with Crippen LogP contribution < -0.4 is 0 Å². The second kappa shape index (κ2) is 5.03. The summed E-state index contributed by atoms with van der Waals surface area (Å²) in [7, 11) is 0. The Kier molecular flexibility index (Phi) is 3.12. The third-order valence-electron chi connectivity index (χ3n) is 3.69. The normalized spacial score (nSPS) is 11.8. The molecular formula is C14H13ClN6S. The number of nitrogens with zero attached hydrogens (tertiary/aromatic N) is 6. The van der Waals surface area contributed by atoms with E-state index in [1.807, 2.05) is 30.0 Å². The van der Waals surface area contributed by atoms with Gasteiger partial charge in [-0.2, -0.15) is 5.10 Å². The predicted octanol–water partition coefficient (Wildman–Crippen LogP) is 3.05. The standard InChI is InChI=1S/C14H13ClN6S/c1-8-12(15)9(2)20(18-8)5-3-11-17-13-10-4-6-22-14(10)16-7-21(13)19-11/h4,6-7H,3,5H2,1-2H3. The summed E-state index contributed by atoms with van der Waals surface area (Å²) in [5, 5.41) is 12.7.